The number of hydrogen-bond donors (Lipinski definition) is 2. The van der Waals surface area contributed by atoms with Crippen molar-refractivity contribution in [3.05, 3.63) is 70.8 Å². The van der Waals surface area contributed by atoms with Crippen LogP contribution in [0.3, 0.4) is 0 Å². The SMILES string of the molecule is C=C1C2CC(C(=O)OCC(=O)c3ccc(C4C#CC4C(=CC=C(C)C(O)COC(=O)C4CCC#CN4)CC)cc3)N(C(=O)OC(C)(C)C)C12. The van der Waals surface area contributed by atoms with Gasteiger partial charge >= 0.3 is 18.0 Å². The van der Waals surface area contributed by atoms with Gasteiger partial charge in [0, 0.05) is 23.9 Å². The van der Waals surface area contributed by atoms with Gasteiger partial charge in [-0.2, -0.15) is 0 Å². The Hall–Kier alpha value is -4.80. The maximum atomic E-state index is 13.0. The number of amides is 1. The number of nitrogens with zero attached hydrogens (tertiary/aromatic N) is 1. The van der Waals surface area contributed by atoms with E-state index in [9.17, 15) is 24.3 Å². The molecule has 2 aliphatic carbocycles. The summed E-state index contributed by atoms with van der Waals surface area (Å²) >= 11 is 0. The third-order valence-electron chi connectivity index (χ3n) is 9.24. The van der Waals surface area contributed by atoms with Gasteiger partial charge in [0.2, 0.25) is 0 Å². The van der Waals surface area contributed by atoms with E-state index in [-0.39, 0.29) is 36.2 Å². The fraction of sp³-hybridized carbons (Fsp3) is 0.487. The number of carbonyl (C=O) groups is 4. The number of carbonyl (C=O) groups excluding carboxylic acids is 4. The van der Waals surface area contributed by atoms with Crippen LogP contribution in [0.2, 0.25) is 0 Å². The second kappa shape index (κ2) is 14.8. The Kier molecular flexibility index (Phi) is 10.7. The average Bonchev–Trinajstić information content (AvgIpc) is 3.48. The first kappa shape index (κ1) is 35.5. The zero-order valence-electron chi connectivity index (χ0n) is 28.7. The Balaban J connectivity index is 1.12. The fourth-order valence-corrected chi connectivity index (χ4v) is 6.20. The van der Waals surface area contributed by atoms with Crippen LogP contribution in [0.5, 0.6) is 0 Å². The van der Waals surface area contributed by atoms with Crippen LogP contribution in [0.15, 0.2) is 59.7 Å². The van der Waals surface area contributed by atoms with E-state index in [1.807, 2.05) is 31.2 Å². The molecular formula is C39H44N2O8. The Labute approximate surface area is 287 Å². The summed E-state index contributed by atoms with van der Waals surface area (Å²) in [7, 11) is 0. The minimum atomic E-state index is -0.937. The predicted octanol–water partition coefficient (Wildman–Crippen LogP) is 4.59. The lowest BCUT2D eigenvalue weighted by Gasteiger charge is -2.29. The van der Waals surface area contributed by atoms with E-state index in [1.54, 1.807) is 39.8 Å². The Morgan fingerprint density at radius 3 is 2.45 bits per heavy atom. The average molecular weight is 669 g/mol. The first-order valence-electron chi connectivity index (χ1n) is 16.7. The molecule has 10 heteroatoms. The van der Waals surface area contributed by atoms with Crippen molar-refractivity contribution in [1.82, 2.24) is 10.2 Å². The number of allylic oxidation sites excluding steroid dienone is 3. The number of aliphatic hydroxyl groups is 1. The van der Waals surface area contributed by atoms with Crippen molar-refractivity contribution >= 4 is 23.8 Å². The number of ketones is 1. The van der Waals surface area contributed by atoms with Crippen molar-refractivity contribution < 1.29 is 38.5 Å². The van der Waals surface area contributed by atoms with Crippen LogP contribution >= 0.6 is 0 Å². The second-order valence-corrected chi connectivity index (χ2v) is 13.9. The van der Waals surface area contributed by atoms with Gasteiger partial charge in [0.1, 0.15) is 30.4 Å². The van der Waals surface area contributed by atoms with Crippen molar-refractivity contribution in [3.8, 4) is 23.8 Å². The number of nitrogens with one attached hydrogen (secondary N) is 1. The Morgan fingerprint density at radius 1 is 1.10 bits per heavy atom. The highest BCUT2D eigenvalue weighted by Crippen LogP contribution is 2.52. The van der Waals surface area contributed by atoms with Crippen molar-refractivity contribution in [2.45, 2.75) is 96.1 Å². The zero-order valence-corrected chi connectivity index (χ0v) is 28.7. The Bertz CT molecular complexity index is 1690. The lowest BCUT2D eigenvalue weighted by Crippen LogP contribution is -2.46. The minimum absolute atomic E-state index is 0.0216. The van der Waals surface area contributed by atoms with E-state index in [4.69, 9.17) is 14.2 Å². The largest absolute Gasteiger partial charge is 0.461 e. The van der Waals surface area contributed by atoms with Crippen LogP contribution in [-0.4, -0.2) is 76.9 Å². The summed E-state index contributed by atoms with van der Waals surface area (Å²) in [4.78, 5) is 52.4. The van der Waals surface area contributed by atoms with Gasteiger partial charge in [0.25, 0.3) is 0 Å². The topological polar surface area (TPSA) is 131 Å². The number of piperidine rings is 1. The van der Waals surface area contributed by atoms with Gasteiger partial charge in [-0.3, -0.25) is 9.69 Å². The molecule has 7 unspecified atom stereocenters. The summed E-state index contributed by atoms with van der Waals surface area (Å²) in [5, 5.41) is 13.3. The first-order valence-corrected chi connectivity index (χ1v) is 16.7. The van der Waals surface area contributed by atoms with E-state index < -0.39 is 48.4 Å². The van der Waals surface area contributed by atoms with Crippen molar-refractivity contribution in [2.24, 2.45) is 11.8 Å². The predicted molar refractivity (Wildman–Crippen MR) is 182 cm³/mol. The maximum absolute atomic E-state index is 13.0. The molecule has 0 aromatic heterocycles. The highest BCUT2D eigenvalue weighted by Gasteiger charge is 2.60. The van der Waals surface area contributed by atoms with Gasteiger partial charge < -0.3 is 24.6 Å². The maximum Gasteiger partial charge on any atom is 0.411 e. The van der Waals surface area contributed by atoms with Crippen molar-refractivity contribution in [2.75, 3.05) is 13.2 Å². The lowest BCUT2D eigenvalue weighted by molar-refractivity contribution is -0.148. The molecule has 2 heterocycles. The molecule has 7 atom stereocenters. The van der Waals surface area contributed by atoms with Crippen LogP contribution in [0.25, 0.3) is 0 Å². The third-order valence-corrected chi connectivity index (χ3v) is 9.24. The summed E-state index contributed by atoms with van der Waals surface area (Å²) in [6.45, 7) is 12.5. The summed E-state index contributed by atoms with van der Waals surface area (Å²) in [5.74, 6) is 7.88. The summed E-state index contributed by atoms with van der Waals surface area (Å²) < 4.78 is 16.2. The molecule has 0 spiro atoms. The molecule has 2 aliphatic heterocycles. The summed E-state index contributed by atoms with van der Waals surface area (Å²) in [6.07, 6.45) is 4.63. The van der Waals surface area contributed by atoms with Crippen LogP contribution < -0.4 is 5.32 Å². The van der Waals surface area contributed by atoms with Crippen LogP contribution in [0, 0.1) is 35.6 Å². The van der Waals surface area contributed by atoms with Crippen molar-refractivity contribution in [1.29, 1.82) is 0 Å². The van der Waals surface area contributed by atoms with Gasteiger partial charge in [-0.1, -0.05) is 73.3 Å². The molecule has 4 aliphatic rings. The second-order valence-electron chi connectivity index (χ2n) is 13.9. The van der Waals surface area contributed by atoms with Gasteiger partial charge in [0.15, 0.2) is 12.4 Å². The zero-order chi connectivity index (χ0) is 35.5. The molecule has 10 nitrogen and oxygen atoms in total. The number of rotatable bonds is 12. The number of aliphatic hydroxyl groups excluding tert-OH is 1. The monoisotopic (exact) mass is 668 g/mol. The third kappa shape index (κ3) is 8.26. The van der Waals surface area contributed by atoms with E-state index in [0.29, 0.717) is 30.4 Å². The smallest absolute Gasteiger partial charge is 0.411 e. The molecule has 2 fully saturated rings. The van der Waals surface area contributed by atoms with Crippen molar-refractivity contribution in [3.63, 3.8) is 0 Å². The molecule has 2 N–H and O–H groups in total. The van der Waals surface area contributed by atoms with E-state index in [0.717, 1.165) is 23.1 Å². The van der Waals surface area contributed by atoms with Gasteiger partial charge in [-0.25, -0.2) is 14.4 Å². The number of benzene rings is 1. The molecule has 0 bridgehead atoms. The highest BCUT2D eigenvalue weighted by molar-refractivity contribution is 5.98. The molecule has 1 aromatic rings. The molecule has 49 heavy (non-hydrogen) atoms. The number of esters is 2. The fourth-order valence-electron chi connectivity index (χ4n) is 6.20. The first-order chi connectivity index (χ1) is 23.3. The summed E-state index contributed by atoms with van der Waals surface area (Å²) in [6, 6.07) is 8.30. The highest BCUT2D eigenvalue weighted by atomic mass is 16.6. The van der Waals surface area contributed by atoms with E-state index >= 15 is 0 Å². The molecule has 1 amide bonds. The molecule has 1 saturated carbocycles. The molecule has 1 saturated heterocycles. The van der Waals surface area contributed by atoms with Crippen LogP contribution in [0.4, 0.5) is 4.79 Å². The van der Waals surface area contributed by atoms with E-state index in [1.165, 1.54) is 4.90 Å². The van der Waals surface area contributed by atoms with Gasteiger partial charge in [-0.15, -0.1) is 0 Å². The molecule has 258 valence electrons. The number of hydrogen-bond acceptors (Lipinski definition) is 9. The Morgan fingerprint density at radius 2 is 1.84 bits per heavy atom. The van der Waals surface area contributed by atoms with Crippen LogP contribution in [0.1, 0.15) is 82.1 Å². The standard InChI is InChI=1S/C39H44N2O8/c1-7-25(12-11-23(2)33(42)21-47-36(44)31-10-8-9-19-40-31)28-17-18-29(28)26-13-15-27(16-14-26)34(43)22-48-37(45)32-20-30-24(3)35(30)41(32)38(46)49-39(4,5)6/h11-16,28-33,35,40,42H,3,7-8,10,20-22H2,1-2,4-6H3. The van der Waals surface area contributed by atoms with Gasteiger partial charge in [0.05, 0.1) is 17.9 Å². The number of ether oxygens (including phenoxy) is 3. The number of fused-ring (bicyclic) bond motifs is 1. The number of likely N-dealkylation sites (tertiary alicyclic amines) is 1. The van der Waals surface area contributed by atoms with Crippen LogP contribution in [-0.2, 0) is 23.8 Å². The quantitative estimate of drug-likeness (QED) is 0.0820. The molecule has 5 rings (SSSR count). The number of Topliss-reactive ketones (excluding diaryl/α,β-unsaturated/α-hetero) is 1. The lowest BCUT2D eigenvalue weighted by atomic mass is 9.74. The van der Waals surface area contributed by atoms with E-state index in [2.05, 4.69) is 35.7 Å². The molecule has 0 radical (unpaired) electrons. The molecule has 1 aromatic carbocycles. The van der Waals surface area contributed by atoms with Gasteiger partial charge in [-0.05, 0) is 63.7 Å². The molecular weight excluding hydrogens is 624 g/mol. The summed E-state index contributed by atoms with van der Waals surface area (Å²) in [5.41, 5.74) is 3.30. The minimum Gasteiger partial charge on any atom is -0.461 e. The normalized spacial score (nSPS) is 26.0.